The van der Waals surface area contributed by atoms with Crippen molar-refractivity contribution in [1.82, 2.24) is 0 Å². The van der Waals surface area contributed by atoms with Crippen molar-refractivity contribution in [3.8, 4) is 17.2 Å². The van der Waals surface area contributed by atoms with E-state index in [2.05, 4.69) is 0 Å². The summed E-state index contributed by atoms with van der Waals surface area (Å²) in [6, 6.07) is 52.0. The van der Waals surface area contributed by atoms with E-state index >= 15 is 8.78 Å². The molecule has 6 aliphatic heterocycles. The SMILES string of the molecule is COc1cc2ccc1O[C@@H]1O[C@H](COC(=O)c3ccc(cc3)O[C@@H]3O[C@H](COC2=O)[C@@H](OCc2ccc(CCCC(F)(F)C(F)(F)C(F)(F)C(F)(F)C(F)(F)C(F)(F)F)cc2)[C@H](OCc2ccccc2)[C@H]3OCc2ccccc2)[C@@H](OCc2ccc(CCCC(F)(F)C(F)(F)C(F)(F)C(F)(F)C(F)(F)C(F)(F)C(F)(F)C(F)(F)F)cc2)[C@H](OCc2ccccc2)[C@H]1OCc1ccccc1. The molecular formula is C89H76F30O15. The second kappa shape index (κ2) is 40.9. The molecule has 0 radical (unpaired) electrons. The number of ether oxygens (including phenoxy) is 13. The molecular weight excluding hydrogens is 1880 g/mol. The van der Waals surface area contributed by atoms with Gasteiger partial charge in [-0.25, -0.2) is 9.59 Å². The van der Waals surface area contributed by atoms with Crippen molar-refractivity contribution in [1.29, 1.82) is 0 Å². The highest BCUT2D eigenvalue weighted by Gasteiger charge is 2.95. The Labute approximate surface area is 741 Å². The molecule has 0 amide bonds. The molecule has 8 bridgehead atoms. The fraction of sp³-hybridized carbons (Fsp3) is 0.438. The first-order valence-electron chi connectivity index (χ1n) is 40.0. The van der Waals surface area contributed by atoms with E-state index in [1.165, 1.54) is 86.0 Å². The van der Waals surface area contributed by atoms with Crippen molar-refractivity contribution in [3.63, 3.8) is 0 Å². The number of methoxy groups -OCH3 is 1. The van der Waals surface area contributed by atoms with Gasteiger partial charge in [-0.3, -0.25) is 0 Å². The Kier molecular flexibility index (Phi) is 31.8. The van der Waals surface area contributed by atoms with Gasteiger partial charge < -0.3 is 61.6 Å². The summed E-state index contributed by atoms with van der Waals surface area (Å²) < 4.78 is 505. The van der Waals surface area contributed by atoms with E-state index < -0.39 is 222 Å². The third kappa shape index (κ3) is 21.9. The van der Waals surface area contributed by atoms with Gasteiger partial charge >= 0.3 is 95.4 Å². The van der Waals surface area contributed by atoms with Gasteiger partial charge in [0.2, 0.25) is 12.6 Å². The molecule has 0 unspecified atom stereocenters. The molecule has 0 saturated carbocycles. The van der Waals surface area contributed by atoms with Gasteiger partial charge in [0.1, 0.15) is 67.8 Å². The molecule has 0 aliphatic carbocycles. The van der Waals surface area contributed by atoms with E-state index in [-0.39, 0.29) is 77.1 Å². The largest absolute Gasteiger partial charge is 0.493 e. The Morgan fingerprint density at radius 2 is 0.567 bits per heavy atom. The zero-order valence-electron chi connectivity index (χ0n) is 68.8. The van der Waals surface area contributed by atoms with Crippen molar-refractivity contribution in [2.45, 2.75) is 223 Å². The third-order valence-corrected chi connectivity index (χ3v) is 21.7. The molecule has 6 heterocycles. The maximum Gasteiger partial charge on any atom is 0.460 e. The van der Waals surface area contributed by atoms with Crippen molar-refractivity contribution in [2.24, 2.45) is 0 Å². The summed E-state index contributed by atoms with van der Waals surface area (Å²) >= 11 is 0. The molecule has 15 nitrogen and oxygen atoms in total. The summed E-state index contributed by atoms with van der Waals surface area (Å²) in [6.07, 6.45) is -39.9. The minimum Gasteiger partial charge on any atom is -0.493 e. The smallest absolute Gasteiger partial charge is 0.460 e. The third-order valence-electron chi connectivity index (χ3n) is 21.7. The van der Waals surface area contributed by atoms with E-state index in [4.69, 9.17) is 61.6 Å². The first-order valence-corrected chi connectivity index (χ1v) is 40.0. The Morgan fingerprint density at radius 3 is 0.896 bits per heavy atom. The van der Waals surface area contributed by atoms with Crippen molar-refractivity contribution in [2.75, 3.05) is 20.3 Å². The van der Waals surface area contributed by atoms with Crippen LogP contribution in [0.3, 0.4) is 0 Å². The van der Waals surface area contributed by atoms with Gasteiger partial charge in [0.15, 0.2) is 11.5 Å². The summed E-state index contributed by atoms with van der Waals surface area (Å²) in [4.78, 5) is 29.3. The number of carbonyl (C=O) groups is 2. The molecule has 6 aliphatic rings. The highest BCUT2D eigenvalue weighted by Crippen LogP contribution is 2.66. The van der Waals surface area contributed by atoms with E-state index in [0.29, 0.717) is 22.3 Å². The number of rotatable bonds is 37. The van der Waals surface area contributed by atoms with Crippen LogP contribution in [0.25, 0.3) is 0 Å². The number of alkyl halides is 30. The molecule has 14 rings (SSSR count). The second-order valence-electron chi connectivity index (χ2n) is 31.0. The molecule has 8 aromatic rings. The number of halogens is 30. The first kappa shape index (κ1) is 104. The van der Waals surface area contributed by atoms with Gasteiger partial charge in [-0.1, -0.05) is 170 Å². The summed E-state index contributed by atoms with van der Waals surface area (Å²) in [7, 11) is 1.17. The summed E-state index contributed by atoms with van der Waals surface area (Å²) in [5, 5.41) is 0. The summed E-state index contributed by atoms with van der Waals surface area (Å²) in [6.45, 7) is -3.47. The van der Waals surface area contributed by atoms with Crippen LogP contribution in [-0.2, 0) is 99.9 Å². The van der Waals surface area contributed by atoms with Gasteiger partial charge in [0, 0.05) is 12.8 Å². The van der Waals surface area contributed by atoms with Crippen LogP contribution in [0, 0.1) is 0 Å². The van der Waals surface area contributed by atoms with Gasteiger partial charge in [0.25, 0.3) is 0 Å². The number of carbonyl (C=O) groups excluding carboxylic acids is 2. The van der Waals surface area contributed by atoms with Gasteiger partial charge in [-0.15, -0.1) is 0 Å². The zero-order valence-corrected chi connectivity index (χ0v) is 68.8. The van der Waals surface area contributed by atoms with Crippen LogP contribution in [0.1, 0.15) is 90.9 Å². The van der Waals surface area contributed by atoms with E-state index in [0.717, 1.165) is 12.1 Å². The fourth-order valence-electron chi connectivity index (χ4n) is 14.0. The Bertz CT molecular complexity index is 5140. The Morgan fingerprint density at radius 1 is 0.291 bits per heavy atom. The van der Waals surface area contributed by atoms with Crippen LogP contribution in [0.2, 0.25) is 0 Å². The van der Waals surface area contributed by atoms with Crippen LogP contribution in [-0.4, -0.2) is 177 Å². The maximum absolute atomic E-state index is 15.1. The lowest BCUT2D eigenvalue weighted by Crippen LogP contribution is -2.74. The number of hydrogen-bond acceptors (Lipinski definition) is 15. The predicted molar refractivity (Wildman–Crippen MR) is 406 cm³/mol. The average Bonchev–Trinajstić information content (AvgIpc) is 0.691. The highest BCUT2D eigenvalue weighted by atomic mass is 19.4. The van der Waals surface area contributed by atoms with Crippen LogP contribution < -0.4 is 14.2 Å². The predicted octanol–water partition coefficient (Wildman–Crippen LogP) is 22.8. The molecule has 0 N–H and O–H groups in total. The first-order chi connectivity index (χ1) is 62.6. The van der Waals surface area contributed by atoms with Crippen LogP contribution in [0.4, 0.5) is 132 Å². The molecule has 8 aromatic carbocycles. The van der Waals surface area contributed by atoms with Crippen LogP contribution >= 0.6 is 0 Å². The lowest BCUT2D eigenvalue weighted by atomic mass is 9.87. The molecule has 45 heteroatoms. The maximum atomic E-state index is 15.1. The number of aryl methyl sites for hydroxylation is 2. The van der Waals surface area contributed by atoms with Gasteiger partial charge in [-0.05, 0) is 113 Å². The molecule has 0 aromatic heterocycles. The minimum absolute atomic E-state index is 0.0297. The summed E-state index contributed by atoms with van der Waals surface area (Å²) in [5.74, 6) is -97.8. The quantitative estimate of drug-likeness (QED) is 0.0268. The Balaban J connectivity index is 0.885. The lowest BCUT2D eigenvalue weighted by molar-refractivity contribution is -0.461. The summed E-state index contributed by atoms with van der Waals surface area (Å²) in [5.41, 5.74) is 1.98. The Hall–Kier alpha value is -10.3. The fourth-order valence-corrected chi connectivity index (χ4v) is 14.0. The van der Waals surface area contributed by atoms with E-state index in [9.17, 15) is 133 Å². The molecule has 134 heavy (non-hydrogen) atoms. The number of esters is 2. The lowest BCUT2D eigenvalue weighted by Gasteiger charge is -2.45. The van der Waals surface area contributed by atoms with E-state index in [1.807, 2.05) is 0 Å². The molecule has 0 spiro atoms. The topological polar surface area (TPSA) is 154 Å². The monoisotopic (exact) mass is 1950 g/mol. The van der Waals surface area contributed by atoms with E-state index in [1.54, 1.807) is 121 Å². The molecule has 10 atom stereocenters. The second-order valence-corrected chi connectivity index (χ2v) is 31.0. The average molecular weight is 1960 g/mol. The number of hydrogen-bond donors (Lipinski definition) is 0. The molecule has 732 valence electrons. The van der Waals surface area contributed by atoms with Crippen LogP contribution in [0.5, 0.6) is 17.2 Å². The standard InChI is InChI=1S/C89H76F30O15/c1-122-63-42-60-36-39-62(63)132-75-71(128-46-56-22-12-5-13-23-56)69(126-44-54-18-8-3-9-19-54)67(124-48-58-32-28-51(29-33-58)24-14-40-76(90,91)78(94,95)80(98,99)82(102,103)83(104,105)85(108,109)87(112,113)89(117,118)119)65(134-75)49-129-72(120)59-34-37-61(38-35-59)131-74-70(127-45-55-20-10-4-11-21-55)68(125-43-53-16-6-2-7-17-53)66(64(133-74)50-130-73(60)121)123-47-57-30-26-52(27-31-57)25-15-41-77(92,93)79(96,97)81(100,101)84(106,107)86(110,111)88(114,115)116/h2-13,16-23,26-39,42,64-71,74-75H,14-15,24-25,40-41,43-50H2,1H3/t64-,65-,66-,67-,68+,69+,70-,71-,74-,75-/m1/s1. The van der Waals surface area contributed by atoms with Gasteiger partial charge in [0.05, 0.1) is 57.9 Å². The van der Waals surface area contributed by atoms with Crippen molar-refractivity contribution in [3.05, 3.63) is 268 Å². The zero-order chi connectivity index (χ0) is 98.3. The van der Waals surface area contributed by atoms with Crippen LogP contribution in [0.15, 0.2) is 212 Å². The van der Waals surface area contributed by atoms with Crippen molar-refractivity contribution < 1.29 is 203 Å². The normalized spacial score (nSPS) is 21.0. The van der Waals surface area contributed by atoms with Gasteiger partial charge in [-0.2, -0.15) is 132 Å². The number of benzene rings is 8. The highest BCUT2D eigenvalue weighted by molar-refractivity contribution is 5.90. The van der Waals surface area contributed by atoms with Crippen molar-refractivity contribution >= 4 is 11.9 Å². The minimum atomic E-state index is -8.79. The molecule has 2 fully saturated rings. The molecule has 2 saturated heterocycles.